The zero-order valence-corrected chi connectivity index (χ0v) is 10.9. The van der Waals surface area contributed by atoms with Gasteiger partial charge in [-0.15, -0.1) is 0 Å². The molecule has 0 saturated carbocycles. The Morgan fingerprint density at radius 2 is 1.89 bits per heavy atom. The number of rotatable bonds is 3. The van der Waals surface area contributed by atoms with E-state index in [0.717, 1.165) is 0 Å². The van der Waals surface area contributed by atoms with Gasteiger partial charge < -0.3 is 0 Å². The van der Waals surface area contributed by atoms with E-state index < -0.39 is 10.5 Å². The van der Waals surface area contributed by atoms with Gasteiger partial charge in [0.2, 0.25) is 0 Å². The van der Waals surface area contributed by atoms with E-state index >= 15 is 0 Å². The van der Waals surface area contributed by atoms with Crippen molar-refractivity contribution in [2.45, 2.75) is 6.54 Å². The zero-order chi connectivity index (χ0) is 14.0. The zero-order valence-electron chi connectivity index (χ0n) is 9.42. The van der Waals surface area contributed by atoms with Gasteiger partial charge in [0.1, 0.15) is 5.02 Å². The van der Waals surface area contributed by atoms with Crippen molar-refractivity contribution in [1.29, 1.82) is 0 Å². The summed E-state index contributed by atoms with van der Waals surface area (Å²) in [5, 5.41) is 10.3. The molecule has 1 aromatic heterocycles. The molecular weight excluding hydrogens is 293 g/mol. The van der Waals surface area contributed by atoms with E-state index in [1.54, 1.807) is 12.1 Å². The summed E-state index contributed by atoms with van der Waals surface area (Å²) in [6.07, 6.45) is 1.28. The van der Waals surface area contributed by atoms with Crippen LogP contribution in [-0.2, 0) is 6.54 Å². The van der Waals surface area contributed by atoms with Gasteiger partial charge in [-0.2, -0.15) is 0 Å². The summed E-state index contributed by atoms with van der Waals surface area (Å²) < 4.78 is 1.27. The van der Waals surface area contributed by atoms with Crippen molar-refractivity contribution in [2.24, 2.45) is 0 Å². The highest BCUT2D eigenvalue weighted by atomic mass is 35.5. The molecule has 0 unspecified atom stereocenters. The summed E-state index contributed by atoms with van der Waals surface area (Å²) in [6.45, 7) is 0.209. The third kappa shape index (κ3) is 2.91. The molecule has 1 aromatic carbocycles. The summed E-state index contributed by atoms with van der Waals surface area (Å²) in [5.41, 5.74) is 0.247. The Morgan fingerprint density at radius 3 is 2.47 bits per heavy atom. The van der Waals surface area contributed by atoms with Crippen molar-refractivity contribution in [1.82, 2.24) is 9.55 Å². The molecule has 1 heterocycles. The molecule has 0 atom stereocenters. The second kappa shape index (κ2) is 5.38. The summed E-state index contributed by atoms with van der Waals surface area (Å²) in [5.74, 6) is 0. The van der Waals surface area contributed by atoms with Crippen molar-refractivity contribution < 1.29 is 4.92 Å². The lowest BCUT2D eigenvalue weighted by molar-refractivity contribution is -0.384. The summed E-state index contributed by atoms with van der Waals surface area (Å²) in [6, 6.07) is 5.86. The van der Waals surface area contributed by atoms with Gasteiger partial charge in [-0.25, -0.2) is 4.98 Å². The van der Waals surface area contributed by atoms with Crippen LogP contribution in [0.1, 0.15) is 5.56 Å². The molecule has 19 heavy (non-hydrogen) atoms. The number of halogens is 2. The maximum absolute atomic E-state index is 11.8. The molecular formula is C11H7Cl2N3O3. The van der Waals surface area contributed by atoms with E-state index in [9.17, 15) is 14.9 Å². The van der Waals surface area contributed by atoms with Crippen molar-refractivity contribution in [3.05, 3.63) is 66.8 Å². The van der Waals surface area contributed by atoms with Crippen LogP contribution >= 0.6 is 23.2 Å². The standard InChI is InChI=1S/C11H7Cl2N3O3/c12-9-10(13)14-6-15(11(9)17)5-7-1-3-8(4-2-7)16(18)19/h1-4,6H,5H2. The van der Waals surface area contributed by atoms with Crippen LogP contribution in [0.5, 0.6) is 0 Å². The number of nitro benzene ring substituents is 1. The predicted octanol–water partition coefficient (Wildman–Crippen LogP) is 2.51. The van der Waals surface area contributed by atoms with Crippen LogP contribution in [0.25, 0.3) is 0 Å². The van der Waals surface area contributed by atoms with Crippen molar-refractivity contribution in [2.75, 3.05) is 0 Å². The Labute approximate surface area is 117 Å². The summed E-state index contributed by atoms with van der Waals surface area (Å²) >= 11 is 11.3. The van der Waals surface area contributed by atoms with E-state index in [1.807, 2.05) is 0 Å². The normalized spacial score (nSPS) is 10.4. The monoisotopic (exact) mass is 299 g/mol. The van der Waals surface area contributed by atoms with E-state index in [1.165, 1.54) is 23.0 Å². The molecule has 2 aromatic rings. The minimum absolute atomic E-state index is 0.0108. The largest absolute Gasteiger partial charge is 0.293 e. The maximum atomic E-state index is 11.8. The van der Waals surface area contributed by atoms with Crippen LogP contribution in [0, 0.1) is 10.1 Å². The van der Waals surface area contributed by atoms with Gasteiger partial charge in [0.15, 0.2) is 5.15 Å². The first-order valence-corrected chi connectivity index (χ1v) is 5.88. The maximum Gasteiger partial charge on any atom is 0.273 e. The summed E-state index contributed by atoms with van der Waals surface area (Å²) in [7, 11) is 0. The molecule has 0 aliphatic carbocycles. The van der Waals surface area contributed by atoms with Crippen LogP contribution in [0.4, 0.5) is 5.69 Å². The van der Waals surface area contributed by atoms with Crippen molar-refractivity contribution >= 4 is 28.9 Å². The van der Waals surface area contributed by atoms with Gasteiger partial charge >= 0.3 is 0 Å². The smallest absolute Gasteiger partial charge is 0.273 e. The fourth-order valence-electron chi connectivity index (χ4n) is 1.48. The fourth-order valence-corrected chi connectivity index (χ4v) is 1.76. The molecule has 6 nitrogen and oxygen atoms in total. The average molecular weight is 300 g/mol. The third-order valence-electron chi connectivity index (χ3n) is 2.44. The van der Waals surface area contributed by atoms with Crippen LogP contribution < -0.4 is 5.56 Å². The molecule has 0 radical (unpaired) electrons. The second-order valence-electron chi connectivity index (χ2n) is 3.71. The van der Waals surface area contributed by atoms with Crippen LogP contribution in [-0.4, -0.2) is 14.5 Å². The highest BCUT2D eigenvalue weighted by Crippen LogP contribution is 2.15. The number of hydrogen-bond acceptors (Lipinski definition) is 4. The number of nitrogens with zero attached hydrogens (tertiary/aromatic N) is 3. The third-order valence-corrected chi connectivity index (χ3v) is 3.16. The first-order chi connectivity index (χ1) is 8.99. The molecule has 0 saturated heterocycles. The molecule has 0 aliphatic rings. The van der Waals surface area contributed by atoms with Crippen LogP contribution in [0.2, 0.25) is 10.2 Å². The first kappa shape index (κ1) is 13.5. The van der Waals surface area contributed by atoms with Gasteiger partial charge in [0.25, 0.3) is 11.2 Å². The molecule has 0 amide bonds. The Balaban J connectivity index is 2.29. The van der Waals surface area contributed by atoms with E-state index in [0.29, 0.717) is 5.56 Å². The van der Waals surface area contributed by atoms with Crippen LogP contribution in [0.3, 0.4) is 0 Å². The molecule has 2 rings (SSSR count). The van der Waals surface area contributed by atoms with Gasteiger partial charge in [0.05, 0.1) is 17.8 Å². The van der Waals surface area contributed by atoms with E-state index in [2.05, 4.69) is 4.98 Å². The number of nitro groups is 1. The Morgan fingerprint density at radius 1 is 1.26 bits per heavy atom. The SMILES string of the molecule is O=c1c(Cl)c(Cl)ncn1Cc1ccc([N+](=O)[O-])cc1. The van der Waals surface area contributed by atoms with Gasteiger partial charge in [-0.05, 0) is 5.56 Å². The Hall–Kier alpha value is -1.92. The van der Waals surface area contributed by atoms with Crippen molar-refractivity contribution in [3.63, 3.8) is 0 Å². The minimum atomic E-state index is -0.489. The molecule has 0 bridgehead atoms. The topological polar surface area (TPSA) is 78.0 Å². The lowest BCUT2D eigenvalue weighted by Crippen LogP contribution is -2.21. The molecule has 0 spiro atoms. The minimum Gasteiger partial charge on any atom is -0.293 e. The highest BCUT2D eigenvalue weighted by Gasteiger charge is 2.09. The van der Waals surface area contributed by atoms with Gasteiger partial charge in [-0.3, -0.25) is 19.5 Å². The number of non-ortho nitro benzene ring substituents is 1. The lowest BCUT2D eigenvalue weighted by atomic mass is 10.2. The predicted molar refractivity (Wildman–Crippen MR) is 70.7 cm³/mol. The molecule has 0 fully saturated rings. The number of benzene rings is 1. The molecule has 0 N–H and O–H groups in total. The van der Waals surface area contributed by atoms with Gasteiger partial charge in [0, 0.05) is 12.1 Å². The Bertz CT molecular complexity index is 683. The highest BCUT2D eigenvalue weighted by molar-refractivity contribution is 6.40. The molecule has 8 heteroatoms. The number of aromatic nitrogens is 2. The van der Waals surface area contributed by atoms with E-state index in [4.69, 9.17) is 23.2 Å². The quantitative estimate of drug-likeness (QED) is 0.495. The lowest BCUT2D eigenvalue weighted by Gasteiger charge is -2.06. The number of hydrogen-bond donors (Lipinski definition) is 0. The van der Waals surface area contributed by atoms with E-state index in [-0.39, 0.29) is 22.4 Å². The summed E-state index contributed by atoms with van der Waals surface area (Å²) in [4.78, 5) is 25.6. The molecule has 98 valence electrons. The Kier molecular flexibility index (Phi) is 3.82. The fraction of sp³-hybridized carbons (Fsp3) is 0.0909. The van der Waals surface area contributed by atoms with Crippen LogP contribution in [0.15, 0.2) is 35.4 Å². The molecule has 0 aliphatic heterocycles. The van der Waals surface area contributed by atoms with Gasteiger partial charge in [-0.1, -0.05) is 35.3 Å². The first-order valence-electron chi connectivity index (χ1n) is 5.13. The van der Waals surface area contributed by atoms with Crippen molar-refractivity contribution in [3.8, 4) is 0 Å². The average Bonchev–Trinajstić information content (AvgIpc) is 2.40. The second-order valence-corrected chi connectivity index (χ2v) is 4.44.